The van der Waals surface area contributed by atoms with Crippen LogP contribution in [0.5, 0.6) is 0 Å². The number of esters is 1. The molecule has 0 radical (unpaired) electrons. The van der Waals surface area contributed by atoms with Gasteiger partial charge in [-0.2, -0.15) is 0 Å². The van der Waals surface area contributed by atoms with E-state index >= 15 is 0 Å². The molecule has 2 bridgehead atoms. The molecule has 3 aromatic carbocycles. The molecule has 210 valence electrons. The zero-order valence-electron chi connectivity index (χ0n) is 23.0. The summed E-state index contributed by atoms with van der Waals surface area (Å²) in [5.41, 5.74) is 2.66. The predicted octanol–water partition coefficient (Wildman–Crippen LogP) is 4.35. The van der Waals surface area contributed by atoms with Crippen LogP contribution in [-0.2, 0) is 21.4 Å². The molecule has 0 aliphatic carbocycles. The van der Waals surface area contributed by atoms with Crippen molar-refractivity contribution in [2.45, 2.75) is 37.2 Å². The van der Waals surface area contributed by atoms with Crippen LogP contribution in [0.1, 0.15) is 61.5 Å². The molecule has 7 rings (SSSR count). The summed E-state index contributed by atoms with van der Waals surface area (Å²) < 4.78 is 6.16. The topological polar surface area (TPSA) is 84.0 Å². The van der Waals surface area contributed by atoms with Crippen LogP contribution >= 0.6 is 0 Å². The van der Waals surface area contributed by atoms with Gasteiger partial charge in [-0.25, -0.2) is 0 Å². The van der Waals surface area contributed by atoms with Crippen LogP contribution < -0.4 is 0 Å². The van der Waals surface area contributed by atoms with Gasteiger partial charge >= 0.3 is 5.97 Å². The van der Waals surface area contributed by atoms with Crippen molar-refractivity contribution in [3.63, 3.8) is 0 Å². The number of ketones is 1. The van der Waals surface area contributed by atoms with E-state index < -0.39 is 5.41 Å². The largest absolute Gasteiger partial charge is 0.460 e. The quantitative estimate of drug-likeness (QED) is 0.224. The number of aryl methyl sites for hydroxylation is 1. The number of fused-ring (bicyclic) bond motifs is 3. The number of hydrogen-bond acceptors (Lipinski definition) is 6. The summed E-state index contributed by atoms with van der Waals surface area (Å²) in [6, 6.07) is 23.6. The highest BCUT2D eigenvalue weighted by Crippen LogP contribution is 2.39. The van der Waals surface area contributed by atoms with Crippen molar-refractivity contribution in [2.75, 3.05) is 32.7 Å². The Morgan fingerprint density at radius 3 is 2.12 bits per heavy atom. The van der Waals surface area contributed by atoms with E-state index in [4.69, 9.17) is 4.74 Å². The molecule has 1 amide bonds. The maximum Gasteiger partial charge on any atom is 0.320 e. The number of aldehydes is 1. The first-order valence-electron chi connectivity index (χ1n) is 14.4. The van der Waals surface area contributed by atoms with Crippen molar-refractivity contribution >= 4 is 23.9 Å². The molecule has 0 aromatic heterocycles. The van der Waals surface area contributed by atoms with Crippen molar-refractivity contribution < 1.29 is 23.9 Å². The molecule has 4 aliphatic heterocycles. The van der Waals surface area contributed by atoms with Gasteiger partial charge in [0.1, 0.15) is 17.8 Å². The number of carbonyl (C=O) groups is 4. The van der Waals surface area contributed by atoms with Gasteiger partial charge in [0.25, 0.3) is 5.91 Å². The van der Waals surface area contributed by atoms with Gasteiger partial charge in [0.2, 0.25) is 0 Å². The second kappa shape index (κ2) is 11.4. The number of ether oxygens (including phenoxy) is 1. The van der Waals surface area contributed by atoms with Gasteiger partial charge in [-0.15, -0.1) is 0 Å². The highest BCUT2D eigenvalue weighted by atomic mass is 16.5. The van der Waals surface area contributed by atoms with E-state index in [1.807, 2.05) is 42.5 Å². The van der Waals surface area contributed by atoms with Gasteiger partial charge in [0, 0.05) is 42.7 Å². The number of amides is 1. The molecule has 7 nitrogen and oxygen atoms in total. The average molecular weight is 551 g/mol. The van der Waals surface area contributed by atoms with Crippen molar-refractivity contribution in [3.05, 3.63) is 107 Å². The lowest BCUT2D eigenvalue weighted by atomic mass is 9.73. The highest BCUT2D eigenvalue weighted by Gasteiger charge is 2.54. The predicted molar refractivity (Wildman–Crippen MR) is 154 cm³/mol. The molecule has 41 heavy (non-hydrogen) atoms. The number of nitrogens with zero attached hydrogens (tertiary/aromatic N) is 2. The van der Waals surface area contributed by atoms with Crippen LogP contribution in [0.25, 0.3) is 0 Å². The number of benzene rings is 3. The molecule has 4 heterocycles. The molecule has 0 spiro atoms. The Bertz CT molecular complexity index is 1420. The number of Topliss-reactive ketones (excluding diaryl/α,β-unsaturated/α-hetero) is 1. The molecule has 4 aliphatic rings. The Labute approximate surface area is 240 Å². The smallest absolute Gasteiger partial charge is 0.320 e. The summed E-state index contributed by atoms with van der Waals surface area (Å²) in [6.07, 6.45) is 3.70. The standard InChI is InChI=1S/C34H34N2O5/c37-21-25-8-11-26(12-9-25)30(38)15-10-24-6-13-28(14-7-24)32(39)36-22-34(23-36,29-4-2-1-3-5-29)33(40)41-31-20-35-18-16-27(31)17-19-35/h1-9,11-14,21,27,31H,10,15-20,22-23H2/t31-/m0/s1. The van der Waals surface area contributed by atoms with Crippen LogP contribution in [0.15, 0.2) is 78.9 Å². The molecule has 0 unspecified atom stereocenters. The zero-order valence-corrected chi connectivity index (χ0v) is 23.0. The Morgan fingerprint density at radius 1 is 0.854 bits per heavy atom. The fourth-order valence-electron chi connectivity index (χ4n) is 6.38. The third-order valence-corrected chi connectivity index (χ3v) is 8.99. The normalized spacial score (nSPS) is 22.4. The molecule has 4 saturated heterocycles. The van der Waals surface area contributed by atoms with Crippen LogP contribution in [0, 0.1) is 5.92 Å². The first-order valence-corrected chi connectivity index (χ1v) is 14.4. The molecule has 4 fully saturated rings. The molecule has 0 N–H and O–H groups in total. The Hall–Kier alpha value is -4.10. The minimum atomic E-state index is -0.854. The first kappa shape index (κ1) is 27.1. The molecule has 3 aromatic rings. The lowest BCUT2D eigenvalue weighted by Crippen LogP contribution is -2.66. The zero-order chi connectivity index (χ0) is 28.4. The van der Waals surface area contributed by atoms with Crippen LogP contribution in [0.2, 0.25) is 0 Å². The number of piperidine rings is 3. The summed E-state index contributed by atoms with van der Waals surface area (Å²) in [5.74, 6) is 0.0781. The van der Waals surface area contributed by atoms with Crippen LogP contribution in [0.4, 0.5) is 0 Å². The second-order valence-corrected chi connectivity index (χ2v) is 11.6. The van der Waals surface area contributed by atoms with E-state index in [9.17, 15) is 19.2 Å². The van der Waals surface area contributed by atoms with Gasteiger partial charge in [0.15, 0.2) is 5.78 Å². The minimum Gasteiger partial charge on any atom is -0.460 e. The van der Waals surface area contributed by atoms with E-state index in [2.05, 4.69) is 4.90 Å². The van der Waals surface area contributed by atoms with Crippen molar-refractivity contribution in [2.24, 2.45) is 5.92 Å². The van der Waals surface area contributed by atoms with E-state index in [-0.39, 0.29) is 36.9 Å². The Morgan fingerprint density at radius 2 is 1.51 bits per heavy atom. The van der Waals surface area contributed by atoms with Gasteiger partial charge in [-0.3, -0.25) is 24.1 Å². The summed E-state index contributed by atoms with van der Waals surface area (Å²) >= 11 is 0. The van der Waals surface area contributed by atoms with Crippen LogP contribution in [-0.4, -0.2) is 72.6 Å². The number of likely N-dealkylation sites (tertiary alicyclic amines) is 1. The summed E-state index contributed by atoms with van der Waals surface area (Å²) in [6.45, 7) is 3.53. The Kier molecular flexibility index (Phi) is 7.54. The summed E-state index contributed by atoms with van der Waals surface area (Å²) in [4.78, 5) is 54.5. The fourth-order valence-corrected chi connectivity index (χ4v) is 6.38. The molecule has 7 heteroatoms. The van der Waals surface area contributed by atoms with Crippen LogP contribution in [0.3, 0.4) is 0 Å². The lowest BCUT2D eigenvalue weighted by Gasteiger charge is -2.50. The number of hydrogen-bond donors (Lipinski definition) is 0. The monoisotopic (exact) mass is 550 g/mol. The third kappa shape index (κ3) is 5.46. The van der Waals surface area contributed by atoms with Gasteiger partial charge in [-0.1, -0.05) is 66.7 Å². The van der Waals surface area contributed by atoms with Crippen molar-refractivity contribution in [1.82, 2.24) is 9.80 Å². The molecule has 0 saturated carbocycles. The highest BCUT2D eigenvalue weighted by molar-refractivity contribution is 5.98. The fraction of sp³-hybridized carbons (Fsp3) is 0.353. The summed E-state index contributed by atoms with van der Waals surface area (Å²) in [5, 5.41) is 0. The van der Waals surface area contributed by atoms with E-state index in [1.165, 1.54) is 0 Å². The molecule has 1 atom stereocenters. The maximum absolute atomic E-state index is 13.7. The second-order valence-electron chi connectivity index (χ2n) is 11.6. The Balaban J connectivity index is 1.08. The lowest BCUT2D eigenvalue weighted by molar-refractivity contribution is -0.171. The first-order chi connectivity index (χ1) is 19.9. The number of rotatable bonds is 9. The van der Waals surface area contributed by atoms with Gasteiger partial charge in [0.05, 0.1) is 0 Å². The van der Waals surface area contributed by atoms with Crippen molar-refractivity contribution in [3.8, 4) is 0 Å². The van der Waals surface area contributed by atoms with E-state index in [0.29, 0.717) is 35.4 Å². The minimum absolute atomic E-state index is 0.00515. The summed E-state index contributed by atoms with van der Waals surface area (Å²) in [7, 11) is 0. The number of carbonyl (C=O) groups excluding carboxylic acids is 4. The third-order valence-electron chi connectivity index (χ3n) is 8.99. The molecular weight excluding hydrogens is 516 g/mol. The SMILES string of the molecule is O=Cc1ccc(C(=O)CCc2ccc(C(=O)N3CC(C(=O)O[C@H]4CN5CCC4CC5)(c4ccccc4)C3)cc2)cc1. The average Bonchev–Trinajstić information content (AvgIpc) is 3.00. The van der Waals surface area contributed by atoms with Gasteiger partial charge in [-0.05, 0) is 61.5 Å². The van der Waals surface area contributed by atoms with Crippen molar-refractivity contribution in [1.29, 1.82) is 0 Å². The maximum atomic E-state index is 13.7. The molecular formula is C34H34N2O5. The van der Waals surface area contributed by atoms with E-state index in [1.54, 1.807) is 41.3 Å². The van der Waals surface area contributed by atoms with Gasteiger partial charge < -0.3 is 9.64 Å². The van der Waals surface area contributed by atoms with E-state index in [0.717, 1.165) is 49.9 Å².